The summed E-state index contributed by atoms with van der Waals surface area (Å²) in [6.45, 7) is -0.243. The monoisotopic (exact) mass is 341 g/mol. The minimum absolute atomic E-state index is 0.243. The first-order valence-electron chi connectivity index (χ1n) is 6.78. The van der Waals surface area contributed by atoms with Gasteiger partial charge in [0, 0.05) is 5.69 Å². The van der Waals surface area contributed by atoms with Gasteiger partial charge in [-0.05, 0) is 48.5 Å². The first-order valence-corrected chi connectivity index (χ1v) is 6.78. The Balaban J connectivity index is 1.83. The van der Waals surface area contributed by atoms with Crippen molar-refractivity contribution in [3.05, 3.63) is 48.5 Å². The molecule has 0 aliphatic rings. The van der Waals surface area contributed by atoms with E-state index in [0.29, 0.717) is 17.2 Å². The zero-order chi connectivity index (χ0) is 17.6. The summed E-state index contributed by atoms with van der Waals surface area (Å²) in [6.07, 6.45) is -4.75. The lowest BCUT2D eigenvalue weighted by molar-refractivity contribution is -0.274. The molecule has 0 bridgehead atoms. The molecule has 0 heterocycles. The fourth-order valence-electron chi connectivity index (χ4n) is 1.76. The average molecular weight is 341 g/mol. The molecule has 24 heavy (non-hydrogen) atoms. The third-order valence-corrected chi connectivity index (χ3v) is 2.80. The number of hydrogen-bond acceptors (Lipinski definition) is 4. The first-order chi connectivity index (χ1) is 11.4. The van der Waals surface area contributed by atoms with Crippen LogP contribution >= 0.6 is 0 Å². The van der Waals surface area contributed by atoms with Crippen LogP contribution in [-0.4, -0.2) is 26.0 Å². The van der Waals surface area contributed by atoms with Crippen LogP contribution < -0.4 is 19.5 Å². The summed E-state index contributed by atoms with van der Waals surface area (Å²) in [6, 6.07) is 11.5. The molecule has 0 atom stereocenters. The number of carbonyl (C=O) groups excluding carboxylic acids is 1. The standard InChI is InChI=1S/C16H14F3NO4/c1-22-12-6-8-13(9-7-12)23-10-15(21)20-11-2-4-14(5-3-11)24-16(17,18)19/h2-9H,10H2,1H3,(H,20,21). The van der Waals surface area contributed by atoms with Crippen molar-refractivity contribution in [3.63, 3.8) is 0 Å². The van der Waals surface area contributed by atoms with Crippen molar-refractivity contribution in [2.45, 2.75) is 6.36 Å². The zero-order valence-corrected chi connectivity index (χ0v) is 12.6. The van der Waals surface area contributed by atoms with Gasteiger partial charge in [-0.2, -0.15) is 0 Å². The van der Waals surface area contributed by atoms with E-state index in [1.54, 1.807) is 24.3 Å². The van der Waals surface area contributed by atoms with Gasteiger partial charge < -0.3 is 19.5 Å². The molecule has 0 unspecified atom stereocenters. The van der Waals surface area contributed by atoms with Gasteiger partial charge in [-0.15, -0.1) is 13.2 Å². The normalized spacial score (nSPS) is 10.8. The second kappa shape index (κ2) is 7.58. The Morgan fingerprint density at radius 3 is 2.04 bits per heavy atom. The van der Waals surface area contributed by atoms with Crippen molar-refractivity contribution < 1.29 is 32.2 Å². The Morgan fingerprint density at radius 1 is 0.958 bits per heavy atom. The quantitative estimate of drug-likeness (QED) is 0.872. The molecule has 1 amide bonds. The van der Waals surface area contributed by atoms with E-state index in [0.717, 1.165) is 12.1 Å². The first kappa shape index (κ1) is 17.5. The minimum atomic E-state index is -4.75. The molecule has 1 N–H and O–H groups in total. The topological polar surface area (TPSA) is 56.8 Å². The maximum absolute atomic E-state index is 12.0. The van der Waals surface area contributed by atoms with E-state index in [2.05, 4.69) is 10.1 Å². The van der Waals surface area contributed by atoms with Gasteiger partial charge in [0.25, 0.3) is 5.91 Å². The highest BCUT2D eigenvalue weighted by atomic mass is 19.4. The maximum atomic E-state index is 12.0. The highest BCUT2D eigenvalue weighted by molar-refractivity contribution is 5.91. The van der Waals surface area contributed by atoms with Gasteiger partial charge in [-0.3, -0.25) is 4.79 Å². The summed E-state index contributed by atoms with van der Waals surface area (Å²) < 4.78 is 50.2. The van der Waals surface area contributed by atoms with Gasteiger partial charge >= 0.3 is 6.36 Å². The SMILES string of the molecule is COc1ccc(OCC(=O)Nc2ccc(OC(F)(F)F)cc2)cc1. The molecule has 5 nitrogen and oxygen atoms in total. The van der Waals surface area contributed by atoms with Crippen LogP contribution in [0.15, 0.2) is 48.5 Å². The second-order valence-electron chi connectivity index (χ2n) is 4.58. The highest BCUT2D eigenvalue weighted by Crippen LogP contribution is 2.24. The number of halogens is 3. The van der Waals surface area contributed by atoms with Crippen LogP contribution in [0.5, 0.6) is 17.2 Å². The van der Waals surface area contributed by atoms with E-state index in [1.165, 1.54) is 19.2 Å². The third-order valence-electron chi connectivity index (χ3n) is 2.80. The Morgan fingerprint density at radius 2 is 1.50 bits per heavy atom. The molecular formula is C16H14F3NO4. The molecule has 2 aromatic rings. The van der Waals surface area contributed by atoms with Crippen LogP contribution in [0.3, 0.4) is 0 Å². The Bertz CT molecular complexity index is 669. The van der Waals surface area contributed by atoms with Crippen molar-refractivity contribution in [2.75, 3.05) is 19.0 Å². The molecule has 0 aliphatic carbocycles. The van der Waals surface area contributed by atoms with E-state index in [9.17, 15) is 18.0 Å². The van der Waals surface area contributed by atoms with Crippen molar-refractivity contribution in [3.8, 4) is 17.2 Å². The average Bonchev–Trinajstić information content (AvgIpc) is 2.54. The number of benzene rings is 2. The molecule has 0 aliphatic heterocycles. The Kier molecular flexibility index (Phi) is 5.51. The molecule has 0 spiro atoms. The smallest absolute Gasteiger partial charge is 0.497 e. The summed E-state index contributed by atoms with van der Waals surface area (Å²) in [5.74, 6) is 0.332. The van der Waals surface area contributed by atoms with Crippen molar-refractivity contribution >= 4 is 11.6 Å². The Labute approximate surface area is 135 Å². The number of carbonyl (C=O) groups is 1. The molecule has 0 radical (unpaired) electrons. The lowest BCUT2D eigenvalue weighted by Crippen LogP contribution is -2.20. The molecule has 0 saturated carbocycles. The summed E-state index contributed by atoms with van der Waals surface area (Å²) >= 11 is 0. The fraction of sp³-hybridized carbons (Fsp3) is 0.188. The number of methoxy groups -OCH3 is 1. The number of alkyl halides is 3. The molecule has 2 rings (SSSR count). The molecule has 8 heteroatoms. The predicted octanol–water partition coefficient (Wildman–Crippen LogP) is 3.61. The second-order valence-corrected chi connectivity index (χ2v) is 4.58. The number of rotatable bonds is 6. The maximum Gasteiger partial charge on any atom is 0.573 e. The number of nitrogens with one attached hydrogen (secondary N) is 1. The lowest BCUT2D eigenvalue weighted by Gasteiger charge is -2.10. The van der Waals surface area contributed by atoms with Crippen LogP contribution in [0.4, 0.5) is 18.9 Å². The van der Waals surface area contributed by atoms with Gasteiger partial charge in [0.2, 0.25) is 0 Å². The van der Waals surface area contributed by atoms with Gasteiger partial charge in [0.05, 0.1) is 7.11 Å². The largest absolute Gasteiger partial charge is 0.573 e. The summed E-state index contributed by atoms with van der Waals surface area (Å²) in [5.41, 5.74) is 0.327. The van der Waals surface area contributed by atoms with E-state index >= 15 is 0 Å². The molecule has 128 valence electrons. The highest BCUT2D eigenvalue weighted by Gasteiger charge is 2.30. The minimum Gasteiger partial charge on any atom is -0.497 e. The molecule has 0 fully saturated rings. The number of ether oxygens (including phenoxy) is 3. The number of hydrogen-bond donors (Lipinski definition) is 1. The molecule has 0 aromatic heterocycles. The lowest BCUT2D eigenvalue weighted by atomic mass is 10.3. The van der Waals surface area contributed by atoms with Crippen LogP contribution in [0.1, 0.15) is 0 Å². The number of amides is 1. The summed E-state index contributed by atoms with van der Waals surface area (Å²) in [5, 5.41) is 2.50. The zero-order valence-electron chi connectivity index (χ0n) is 12.6. The van der Waals surface area contributed by atoms with Crippen LogP contribution in [0.25, 0.3) is 0 Å². The van der Waals surface area contributed by atoms with Gasteiger partial charge in [-0.25, -0.2) is 0 Å². The van der Waals surface area contributed by atoms with Crippen molar-refractivity contribution in [1.29, 1.82) is 0 Å². The van der Waals surface area contributed by atoms with Crippen LogP contribution in [-0.2, 0) is 4.79 Å². The molecule has 2 aromatic carbocycles. The van der Waals surface area contributed by atoms with E-state index < -0.39 is 12.3 Å². The van der Waals surface area contributed by atoms with E-state index in [-0.39, 0.29) is 12.4 Å². The Hall–Kier alpha value is -2.90. The molecular weight excluding hydrogens is 327 g/mol. The van der Waals surface area contributed by atoms with E-state index in [4.69, 9.17) is 9.47 Å². The summed E-state index contributed by atoms with van der Waals surface area (Å²) in [4.78, 5) is 11.8. The van der Waals surface area contributed by atoms with Crippen LogP contribution in [0, 0.1) is 0 Å². The third kappa shape index (κ3) is 5.71. The summed E-state index contributed by atoms with van der Waals surface area (Å²) in [7, 11) is 1.54. The van der Waals surface area contributed by atoms with Crippen LogP contribution in [0.2, 0.25) is 0 Å². The van der Waals surface area contributed by atoms with Crippen molar-refractivity contribution in [2.24, 2.45) is 0 Å². The van der Waals surface area contributed by atoms with E-state index in [1.807, 2.05) is 0 Å². The van der Waals surface area contributed by atoms with Gasteiger partial charge in [0.15, 0.2) is 6.61 Å². The fourth-order valence-corrected chi connectivity index (χ4v) is 1.76. The van der Waals surface area contributed by atoms with Crippen molar-refractivity contribution in [1.82, 2.24) is 0 Å². The van der Waals surface area contributed by atoms with Gasteiger partial charge in [-0.1, -0.05) is 0 Å². The number of anilines is 1. The predicted molar refractivity (Wildman–Crippen MR) is 80.2 cm³/mol. The molecule has 0 saturated heterocycles. The van der Waals surface area contributed by atoms with Gasteiger partial charge in [0.1, 0.15) is 17.2 Å².